The van der Waals surface area contributed by atoms with Crippen LogP contribution in [0.2, 0.25) is 0 Å². The molecule has 2 aliphatic rings. The first-order chi connectivity index (χ1) is 11.1. The van der Waals surface area contributed by atoms with Crippen molar-refractivity contribution in [1.82, 2.24) is 5.32 Å². The lowest BCUT2D eigenvalue weighted by atomic mass is 9.64. The molecule has 0 aromatic heterocycles. The number of carbonyl (C=O) groups is 1. The second-order valence-electron chi connectivity index (χ2n) is 9.42. The van der Waals surface area contributed by atoms with Crippen molar-refractivity contribution in [2.75, 3.05) is 20.6 Å². The number of hydrogen-bond acceptors (Lipinski definition) is 1. The lowest BCUT2D eigenvalue weighted by Gasteiger charge is -2.48. The Labute approximate surface area is 147 Å². The normalized spacial score (nSPS) is 31.2. The molecule has 0 heterocycles. The minimum Gasteiger partial charge on any atom is -0.345 e. The number of fused-ring (bicyclic) bond motifs is 2. The molecule has 0 unspecified atom stereocenters. The van der Waals surface area contributed by atoms with Crippen molar-refractivity contribution in [1.29, 1.82) is 0 Å². The van der Waals surface area contributed by atoms with Gasteiger partial charge in [-0.05, 0) is 43.4 Å². The third-order valence-corrected chi connectivity index (χ3v) is 7.03. The molecule has 1 N–H and O–H groups in total. The van der Waals surface area contributed by atoms with Crippen LogP contribution in [0, 0.1) is 17.3 Å². The van der Waals surface area contributed by atoms with Crippen LogP contribution in [0.3, 0.4) is 0 Å². The molecule has 1 amide bonds. The van der Waals surface area contributed by atoms with Crippen molar-refractivity contribution < 1.29 is 9.28 Å². The van der Waals surface area contributed by atoms with Gasteiger partial charge in [0, 0.05) is 11.1 Å². The highest BCUT2D eigenvalue weighted by Gasteiger charge is 2.61. The van der Waals surface area contributed by atoms with Crippen molar-refractivity contribution in [3.05, 3.63) is 35.9 Å². The Hall–Kier alpha value is -1.35. The first-order valence-electron chi connectivity index (χ1n) is 9.31. The van der Waals surface area contributed by atoms with Crippen LogP contribution >= 0.6 is 0 Å². The van der Waals surface area contributed by atoms with E-state index < -0.39 is 0 Å². The van der Waals surface area contributed by atoms with Gasteiger partial charge >= 0.3 is 0 Å². The van der Waals surface area contributed by atoms with E-state index in [4.69, 9.17) is 0 Å². The van der Waals surface area contributed by atoms with Crippen LogP contribution in [-0.4, -0.2) is 36.6 Å². The average Bonchev–Trinajstić information content (AvgIpc) is 3.02. The molecule has 132 valence electrons. The van der Waals surface area contributed by atoms with E-state index in [1.165, 1.54) is 24.8 Å². The van der Waals surface area contributed by atoms with Gasteiger partial charge in [-0.2, -0.15) is 0 Å². The summed E-state index contributed by atoms with van der Waals surface area (Å²) in [6.45, 7) is 8.38. The summed E-state index contributed by atoms with van der Waals surface area (Å²) in [5.74, 6) is 1.60. The second kappa shape index (κ2) is 5.87. The van der Waals surface area contributed by atoms with Crippen LogP contribution in [0.4, 0.5) is 0 Å². The van der Waals surface area contributed by atoms with E-state index in [1.807, 2.05) is 6.07 Å². The van der Waals surface area contributed by atoms with Crippen molar-refractivity contribution in [2.45, 2.75) is 52.1 Å². The molecular formula is C21H33N2O+. The fourth-order valence-corrected chi connectivity index (χ4v) is 5.23. The zero-order chi connectivity index (χ0) is 17.6. The largest absolute Gasteiger partial charge is 0.345 e. The van der Waals surface area contributed by atoms with E-state index in [0.29, 0.717) is 16.9 Å². The van der Waals surface area contributed by atoms with E-state index in [2.05, 4.69) is 64.4 Å². The number of amides is 1. The van der Waals surface area contributed by atoms with Gasteiger partial charge in [0.15, 0.2) is 6.54 Å². The van der Waals surface area contributed by atoms with E-state index >= 15 is 0 Å². The van der Waals surface area contributed by atoms with Crippen LogP contribution in [0.1, 0.15) is 45.6 Å². The van der Waals surface area contributed by atoms with Gasteiger partial charge in [-0.1, -0.05) is 44.2 Å². The standard InChI is InChI=1S/C21H32N2O/c1-20(2)17-11-12-18(13-17)21(20,3)22-19(24)15-23(4,5)14-16-9-7-6-8-10-16/h6-10,17-18H,11-15H2,1-5H3/p+1/t17-,18-,21-/m0/s1. The molecule has 3 heteroatoms. The number of carbonyl (C=O) groups excluding carboxylic acids is 1. The van der Waals surface area contributed by atoms with Gasteiger partial charge in [-0.15, -0.1) is 0 Å². The second-order valence-corrected chi connectivity index (χ2v) is 9.42. The first-order valence-corrected chi connectivity index (χ1v) is 9.31. The number of nitrogens with one attached hydrogen (secondary N) is 1. The summed E-state index contributed by atoms with van der Waals surface area (Å²) in [6, 6.07) is 10.4. The molecule has 2 saturated carbocycles. The topological polar surface area (TPSA) is 29.1 Å². The molecule has 3 nitrogen and oxygen atoms in total. The Bertz CT molecular complexity index is 608. The summed E-state index contributed by atoms with van der Waals surface area (Å²) in [7, 11) is 4.28. The Morgan fingerprint density at radius 1 is 1.12 bits per heavy atom. The van der Waals surface area contributed by atoms with Crippen molar-refractivity contribution >= 4 is 5.91 Å². The first kappa shape index (κ1) is 17.5. The average molecular weight is 330 g/mol. The summed E-state index contributed by atoms with van der Waals surface area (Å²) in [6.07, 6.45) is 3.89. The fraction of sp³-hybridized carbons (Fsp3) is 0.667. The van der Waals surface area contributed by atoms with Crippen LogP contribution in [0.5, 0.6) is 0 Å². The lowest BCUT2D eigenvalue weighted by Crippen LogP contribution is -2.61. The number of quaternary nitrogens is 1. The maximum absolute atomic E-state index is 12.8. The molecule has 0 radical (unpaired) electrons. The van der Waals surface area contributed by atoms with Gasteiger partial charge in [-0.25, -0.2) is 0 Å². The Morgan fingerprint density at radius 3 is 2.33 bits per heavy atom. The highest BCUT2D eigenvalue weighted by Crippen LogP contribution is 2.61. The van der Waals surface area contributed by atoms with Gasteiger partial charge in [-0.3, -0.25) is 4.79 Å². The fourth-order valence-electron chi connectivity index (χ4n) is 5.23. The summed E-state index contributed by atoms with van der Waals surface area (Å²) in [5.41, 5.74) is 1.42. The van der Waals surface area contributed by atoms with Gasteiger partial charge < -0.3 is 9.80 Å². The molecule has 0 spiro atoms. The van der Waals surface area contributed by atoms with Gasteiger partial charge in [0.05, 0.1) is 14.1 Å². The molecule has 1 aromatic rings. The maximum Gasteiger partial charge on any atom is 0.275 e. The zero-order valence-corrected chi connectivity index (χ0v) is 15.9. The van der Waals surface area contributed by atoms with E-state index in [-0.39, 0.29) is 16.9 Å². The highest BCUT2D eigenvalue weighted by molar-refractivity contribution is 5.78. The van der Waals surface area contributed by atoms with Gasteiger partial charge in [0.25, 0.3) is 5.91 Å². The lowest BCUT2D eigenvalue weighted by molar-refractivity contribution is -0.895. The molecule has 3 rings (SSSR count). The monoisotopic (exact) mass is 329 g/mol. The van der Waals surface area contributed by atoms with E-state index in [1.54, 1.807) is 0 Å². The Balaban J connectivity index is 1.65. The third kappa shape index (κ3) is 2.99. The minimum absolute atomic E-state index is 0.0558. The number of benzene rings is 1. The van der Waals surface area contributed by atoms with Crippen molar-refractivity contribution in [2.24, 2.45) is 17.3 Å². The van der Waals surface area contributed by atoms with E-state index in [9.17, 15) is 4.79 Å². The summed E-state index contributed by atoms with van der Waals surface area (Å²) in [5, 5.41) is 3.46. The number of hydrogen-bond donors (Lipinski definition) is 1. The molecule has 2 bridgehead atoms. The van der Waals surface area contributed by atoms with Crippen molar-refractivity contribution in [3.63, 3.8) is 0 Å². The number of likely N-dealkylation sites (N-methyl/N-ethyl adjacent to an activating group) is 1. The molecular weight excluding hydrogens is 296 g/mol. The van der Waals surface area contributed by atoms with Gasteiger partial charge in [0.2, 0.25) is 0 Å². The minimum atomic E-state index is -0.0558. The van der Waals surface area contributed by atoms with Crippen LogP contribution in [0.25, 0.3) is 0 Å². The molecule has 24 heavy (non-hydrogen) atoms. The Morgan fingerprint density at radius 2 is 1.75 bits per heavy atom. The smallest absolute Gasteiger partial charge is 0.275 e. The highest BCUT2D eigenvalue weighted by atomic mass is 16.2. The number of rotatable bonds is 5. The summed E-state index contributed by atoms with van der Waals surface area (Å²) < 4.78 is 0.681. The molecule has 0 saturated heterocycles. The van der Waals surface area contributed by atoms with Crippen LogP contribution in [0.15, 0.2) is 30.3 Å². The quantitative estimate of drug-likeness (QED) is 0.822. The molecule has 2 fully saturated rings. The predicted octanol–water partition coefficient (Wildman–Crippen LogP) is 3.59. The molecule has 3 atom stereocenters. The van der Waals surface area contributed by atoms with Crippen molar-refractivity contribution in [3.8, 4) is 0 Å². The predicted molar refractivity (Wildman–Crippen MR) is 98.3 cm³/mol. The molecule has 0 aliphatic heterocycles. The maximum atomic E-state index is 12.8. The molecule has 2 aliphatic carbocycles. The SMILES string of the molecule is CC1(C)[C@H]2CC[C@@H](C2)[C@]1(C)NC(=O)C[N+](C)(C)Cc1ccccc1. The third-order valence-electron chi connectivity index (χ3n) is 7.03. The zero-order valence-electron chi connectivity index (χ0n) is 15.9. The summed E-state index contributed by atoms with van der Waals surface area (Å²) >= 11 is 0. The van der Waals surface area contributed by atoms with Crippen LogP contribution in [-0.2, 0) is 11.3 Å². The summed E-state index contributed by atoms with van der Waals surface area (Å²) in [4.78, 5) is 12.8. The number of nitrogens with zero attached hydrogens (tertiary/aromatic N) is 1. The Kier molecular flexibility index (Phi) is 4.28. The molecule has 1 aromatic carbocycles. The van der Waals surface area contributed by atoms with E-state index in [0.717, 1.165) is 12.5 Å². The van der Waals surface area contributed by atoms with Crippen LogP contribution < -0.4 is 5.32 Å². The van der Waals surface area contributed by atoms with Gasteiger partial charge in [0.1, 0.15) is 6.54 Å².